The van der Waals surface area contributed by atoms with Gasteiger partial charge in [0.15, 0.2) is 0 Å². The Morgan fingerprint density at radius 1 is 0.960 bits per heavy atom. The molecule has 0 saturated carbocycles. The Hall–Kier alpha value is -3.14. The van der Waals surface area contributed by atoms with Crippen molar-refractivity contribution in [2.24, 2.45) is 4.99 Å². The van der Waals surface area contributed by atoms with Gasteiger partial charge in [0.05, 0.1) is 17.4 Å². The van der Waals surface area contributed by atoms with Gasteiger partial charge in [0, 0.05) is 29.7 Å². The predicted octanol–water partition coefficient (Wildman–Crippen LogP) is 4.45. The van der Waals surface area contributed by atoms with Crippen LogP contribution < -0.4 is 5.32 Å². The minimum atomic E-state index is 0.791. The van der Waals surface area contributed by atoms with E-state index < -0.39 is 0 Å². The van der Waals surface area contributed by atoms with Crippen molar-refractivity contribution in [1.82, 2.24) is 9.55 Å². The van der Waals surface area contributed by atoms with Crippen LogP contribution in [0.1, 0.15) is 12.0 Å². The van der Waals surface area contributed by atoms with Crippen molar-refractivity contribution < 1.29 is 0 Å². The molecule has 3 aromatic carbocycles. The van der Waals surface area contributed by atoms with Gasteiger partial charge in [-0.3, -0.25) is 4.99 Å². The largest absolute Gasteiger partial charge is 0.339 e. The van der Waals surface area contributed by atoms with Crippen LogP contribution in [0.2, 0.25) is 0 Å². The first-order chi connectivity index (χ1) is 12.4. The van der Waals surface area contributed by atoms with E-state index in [-0.39, 0.29) is 0 Å². The molecule has 2 heterocycles. The molecule has 1 N–H and O–H groups in total. The highest BCUT2D eigenvalue weighted by molar-refractivity contribution is 6.25. The lowest BCUT2D eigenvalue weighted by Crippen LogP contribution is -2.08. The van der Waals surface area contributed by atoms with E-state index in [0.29, 0.717) is 0 Å². The smallest absolute Gasteiger partial charge is 0.133 e. The van der Waals surface area contributed by atoms with Crippen LogP contribution in [0.15, 0.2) is 72.0 Å². The van der Waals surface area contributed by atoms with Crippen LogP contribution in [-0.4, -0.2) is 21.9 Å². The summed E-state index contributed by atoms with van der Waals surface area (Å²) in [4.78, 5) is 9.26. The Morgan fingerprint density at radius 3 is 2.80 bits per heavy atom. The van der Waals surface area contributed by atoms with Crippen LogP contribution in [-0.2, 0) is 6.54 Å². The molecule has 0 fully saturated rings. The van der Waals surface area contributed by atoms with Crippen LogP contribution in [0.4, 0.5) is 5.69 Å². The average Bonchev–Trinajstić information content (AvgIpc) is 3.23. The van der Waals surface area contributed by atoms with Gasteiger partial charge < -0.3 is 9.88 Å². The highest BCUT2D eigenvalue weighted by atomic mass is 15.1. The second-order valence-corrected chi connectivity index (χ2v) is 6.34. The summed E-state index contributed by atoms with van der Waals surface area (Å²) < 4.78 is 2.20. The molecule has 0 spiro atoms. The van der Waals surface area contributed by atoms with Crippen molar-refractivity contribution in [3.05, 3.63) is 72.6 Å². The third-order valence-corrected chi connectivity index (χ3v) is 4.77. The summed E-state index contributed by atoms with van der Waals surface area (Å²) in [6.45, 7) is 1.72. The van der Waals surface area contributed by atoms with Crippen molar-refractivity contribution in [2.75, 3.05) is 11.9 Å². The van der Waals surface area contributed by atoms with Crippen LogP contribution >= 0.6 is 0 Å². The Bertz CT molecular complexity index is 1100. The van der Waals surface area contributed by atoms with Gasteiger partial charge in [0.25, 0.3) is 0 Å². The molecular formula is C21H18N4. The molecule has 0 unspecified atom stereocenters. The lowest BCUT2D eigenvalue weighted by Gasteiger charge is -2.04. The maximum Gasteiger partial charge on any atom is 0.133 e. The quantitative estimate of drug-likeness (QED) is 0.563. The molecule has 1 aliphatic rings. The summed E-state index contributed by atoms with van der Waals surface area (Å²) in [5.74, 6) is 0.988. The van der Waals surface area contributed by atoms with Crippen molar-refractivity contribution in [2.45, 2.75) is 13.0 Å². The lowest BCUT2D eigenvalue weighted by molar-refractivity contribution is 0.666. The molecule has 1 aromatic heterocycles. The predicted molar refractivity (Wildman–Crippen MR) is 103 cm³/mol. The number of benzene rings is 3. The third-order valence-electron chi connectivity index (χ3n) is 4.77. The first-order valence-electron chi connectivity index (χ1n) is 8.64. The maximum absolute atomic E-state index is 4.81. The summed E-state index contributed by atoms with van der Waals surface area (Å²) in [5, 5.41) is 6.01. The van der Waals surface area contributed by atoms with Crippen LogP contribution in [0.25, 0.3) is 21.8 Å². The number of nitrogens with one attached hydrogen (secondary N) is 1. The van der Waals surface area contributed by atoms with E-state index in [0.717, 1.165) is 36.6 Å². The fourth-order valence-electron chi connectivity index (χ4n) is 3.58. The number of fused-ring (bicyclic) bond motifs is 1. The van der Waals surface area contributed by atoms with Crippen LogP contribution in [0.5, 0.6) is 0 Å². The van der Waals surface area contributed by atoms with Crippen molar-refractivity contribution in [1.29, 1.82) is 0 Å². The summed E-state index contributed by atoms with van der Waals surface area (Å²) >= 11 is 0. The van der Waals surface area contributed by atoms with E-state index >= 15 is 0 Å². The molecule has 4 nitrogen and oxygen atoms in total. The number of nitrogens with zero attached hydrogens (tertiary/aromatic N) is 3. The number of amidine groups is 1. The first-order valence-corrected chi connectivity index (χ1v) is 8.64. The summed E-state index contributed by atoms with van der Waals surface area (Å²) in [5.41, 5.74) is 4.60. The van der Waals surface area contributed by atoms with Gasteiger partial charge in [-0.2, -0.15) is 0 Å². The van der Waals surface area contributed by atoms with Crippen LogP contribution in [0.3, 0.4) is 0 Å². The zero-order valence-corrected chi connectivity index (χ0v) is 13.8. The van der Waals surface area contributed by atoms with Crippen molar-refractivity contribution in [3.8, 4) is 0 Å². The Balaban J connectivity index is 1.33. The fourth-order valence-corrected chi connectivity index (χ4v) is 3.58. The molecule has 1 aliphatic heterocycles. The first kappa shape index (κ1) is 14.2. The highest BCUT2D eigenvalue weighted by Gasteiger charge is 2.18. The minimum absolute atomic E-state index is 0.791. The summed E-state index contributed by atoms with van der Waals surface area (Å²) in [6.07, 6.45) is 2.90. The van der Waals surface area contributed by atoms with Gasteiger partial charge >= 0.3 is 0 Å². The highest BCUT2D eigenvalue weighted by Crippen LogP contribution is 2.32. The van der Waals surface area contributed by atoms with E-state index in [1.165, 1.54) is 21.9 Å². The van der Waals surface area contributed by atoms with E-state index in [1.54, 1.807) is 0 Å². The monoisotopic (exact) mass is 326 g/mol. The van der Waals surface area contributed by atoms with Gasteiger partial charge in [-0.1, -0.05) is 42.5 Å². The number of aromatic nitrogens is 2. The number of anilines is 1. The Labute approximate surface area is 145 Å². The third kappa shape index (κ3) is 2.38. The number of hydrogen-bond acceptors (Lipinski definition) is 2. The maximum atomic E-state index is 4.81. The topological polar surface area (TPSA) is 42.2 Å². The zero-order chi connectivity index (χ0) is 16.6. The Kier molecular flexibility index (Phi) is 3.27. The van der Waals surface area contributed by atoms with E-state index in [2.05, 4.69) is 63.4 Å². The summed E-state index contributed by atoms with van der Waals surface area (Å²) in [6, 6.07) is 21.0. The molecule has 0 radical (unpaired) electrons. The van der Waals surface area contributed by atoms with Crippen LogP contribution in [0, 0.1) is 0 Å². The van der Waals surface area contributed by atoms with E-state index in [1.807, 2.05) is 18.5 Å². The molecule has 122 valence electrons. The molecule has 0 saturated heterocycles. The van der Waals surface area contributed by atoms with E-state index in [9.17, 15) is 0 Å². The second kappa shape index (κ2) is 5.74. The fraction of sp³-hybridized carbons (Fsp3) is 0.143. The van der Waals surface area contributed by atoms with Crippen molar-refractivity contribution in [3.63, 3.8) is 0 Å². The molecule has 0 amide bonds. The zero-order valence-electron chi connectivity index (χ0n) is 13.8. The molecule has 0 bridgehead atoms. The lowest BCUT2D eigenvalue weighted by atomic mass is 10.1. The number of para-hydroxylation sites is 2. The van der Waals surface area contributed by atoms with Crippen molar-refractivity contribution >= 4 is 33.3 Å². The molecule has 4 aromatic rings. The molecule has 0 atom stereocenters. The van der Waals surface area contributed by atoms with Gasteiger partial charge in [0.1, 0.15) is 5.84 Å². The molecule has 0 aliphatic carbocycles. The Morgan fingerprint density at radius 2 is 1.84 bits per heavy atom. The molecule has 4 heteroatoms. The van der Waals surface area contributed by atoms with Gasteiger partial charge in [-0.15, -0.1) is 0 Å². The molecule has 25 heavy (non-hydrogen) atoms. The standard InChI is InChI=1S/C21H18N4/c1-2-11-19-17(9-1)23-14-25(19)13-5-12-22-21-16-8-3-6-15-7-4-10-18(24-21)20(15)16/h1-4,6-11,14H,5,12-13H2,(H,22,24). The van der Waals surface area contributed by atoms with Gasteiger partial charge in [0.2, 0.25) is 0 Å². The SMILES string of the molecule is c1cc2c3c(cccc3c1)C(=NCCCn1cnc3ccccc31)N2. The number of aryl methyl sites for hydroxylation is 1. The number of rotatable bonds is 4. The van der Waals surface area contributed by atoms with Gasteiger partial charge in [-0.05, 0) is 30.0 Å². The molecule has 5 rings (SSSR count). The van der Waals surface area contributed by atoms with E-state index in [4.69, 9.17) is 4.99 Å². The average molecular weight is 326 g/mol. The molecular weight excluding hydrogens is 308 g/mol. The number of aliphatic imine (C=N–C) groups is 1. The summed E-state index contributed by atoms with van der Waals surface area (Å²) in [7, 11) is 0. The second-order valence-electron chi connectivity index (χ2n) is 6.34. The van der Waals surface area contributed by atoms with Gasteiger partial charge in [-0.25, -0.2) is 4.98 Å². The normalized spacial score (nSPS) is 14.5. The minimum Gasteiger partial charge on any atom is -0.339 e. The number of imidazole rings is 1. The number of hydrogen-bond donors (Lipinski definition) is 1.